The molecule has 58 heavy (non-hydrogen) atoms. The zero-order valence-electron chi connectivity index (χ0n) is 32.9. The second-order valence-corrected chi connectivity index (χ2v) is 13.8. The lowest BCUT2D eigenvalue weighted by Gasteiger charge is -2.48. The molecule has 3 aliphatic rings. The number of carbonyl (C=O) groups is 2. The van der Waals surface area contributed by atoms with Crippen molar-refractivity contribution in [1.82, 2.24) is 10.6 Å². The summed E-state index contributed by atoms with van der Waals surface area (Å²) in [5.74, 6) is -0.851. The fraction of sp³-hybridized carbons (Fsp3) is 0.943. The van der Waals surface area contributed by atoms with Crippen LogP contribution >= 0.6 is 0 Å². The van der Waals surface area contributed by atoms with Crippen molar-refractivity contribution in [1.29, 1.82) is 0 Å². The first-order valence-corrected chi connectivity index (χ1v) is 19.5. The Bertz CT molecular complexity index is 1150. The van der Waals surface area contributed by atoms with Gasteiger partial charge in [0.2, 0.25) is 11.8 Å². The van der Waals surface area contributed by atoms with Gasteiger partial charge in [-0.15, -0.1) is 0 Å². The van der Waals surface area contributed by atoms with Crippen molar-refractivity contribution < 1.29 is 103 Å². The summed E-state index contributed by atoms with van der Waals surface area (Å²) in [7, 11) is 0. The molecule has 0 bridgehead atoms. The van der Waals surface area contributed by atoms with Crippen LogP contribution in [0.15, 0.2) is 0 Å². The van der Waals surface area contributed by atoms with Crippen LogP contribution in [0.2, 0.25) is 0 Å². The lowest BCUT2D eigenvalue weighted by atomic mass is 9.95. The van der Waals surface area contributed by atoms with Gasteiger partial charge in [-0.1, -0.05) is 6.92 Å². The van der Waals surface area contributed by atoms with E-state index in [1.165, 1.54) is 6.92 Å². The topological polar surface area (TPSA) is 333 Å². The molecule has 23 heteroatoms. The predicted octanol–water partition coefficient (Wildman–Crippen LogP) is -6.03. The van der Waals surface area contributed by atoms with E-state index in [2.05, 4.69) is 10.6 Å². The molecule has 340 valence electrons. The predicted molar refractivity (Wildman–Crippen MR) is 192 cm³/mol. The second kappa shape index (κ2) is 27.2. The summed E-state index contributed by atoms with van der Waals surface area (Å²) < 4.78 is 55.5. The standard InChI is InChI=1S/C35H64N2O21/c1-3-7-49-10-12-51-14-15-52-13-11-50-9-5-23(42)36-6-4-8-53-33-24(37-19(2)41)27(45)31(22(18-40)56-33)57-35-30(48)32(26(44)21(17-39)55-35)58-34-29(47)28(46)25(43)20(16-38)54-34/h20-22,24-35,38-40,43-48H,3-18H2,1-2H3,(H,36,42)(H,37,41)/t20?,21?,22?,24?,25-,26-,27+,28-,29?,30?,31+,32-,33+,34+,35-/m0/s1. The van der Waals surface area contributed by atoms with Gasteiger partial charge in [0.05, 0.1) is 72.7 Å². The molecule has 0 spiro atoms. The van der Waals surface area contributed by atoms with Gasteiger partial charge in [-0.05, 0) is 12.8 Å². The Morgan fingerprint density at radius 2 is 1.09 bits per heavy atom. The number of carbonyl (C=O) groups excluding carboxylic acids is 2. The summed E-state index contributed by atoms with van der Waals surface area (Å²) in [6.45, 7) is 4.48. The second-order valence-electron chi connectivity index (χ2n) is 13.8. The molecule has 3 saturated heterocycles. The molecular weight excluding hydrogens is 784 g/mol. The summed E-state index contributed by atoms with van der Waals surface area (Å²) in [5.41, 5.74) is 0. The number of rotatable bonds is 27. The van der Waals surface area contributed by atoms with E-state index in [4.69, 9.17) is 47.4 Å². The quantitative estimate of drug-likeness (QED) is 0.0343. The zero-order valence-corrected chi connectivity index (χ0v) is 32.9. The largest absolute Gasteiger partial charge is 0.394 e. The summed E-state index contributed by atoms with van der Waals surface area (Å²) >= 11 is 0. The molecule has 2 amide bonds. The molecule has 0 aliphatic carbocycles. The Hall–Kier alpha value is -1.82. The Morgan fingerprint density at radius 1 is 0.569 bits per heavy atom. The molecule has 3 heterocycles. The van der Waals surface area contributed by atoms with Crippen LogP contribution in [0.25, 0.3) is 0 Å². The number of hydrogen-bond donors (Lipinski definition) is 11. The highest BCUT2D eigenvalue weighted by molar-refractivity contribution is 5.75. The SMILES string of the molecule is CCCOCCOCCOCCOCCC(=O)NCCCO[C@@H]1OC(CO)[C@@H](O[C@@H]2OC(CO)[C@H](O)[C@H](O[C@H]3OC(CO)[C@H](O)[C@H](O)C3O)C2O)[C@H](O)C1NC(C)=O. The molecule has 0 aromatic heterocycles. The maximum absolute atomic E-state index is 12.2. The highest BCUT2D eigenvalue weighted by Gasteiger charge is 2.54. The lowest BCUT2D eigenvalue weighted by molar-refractivity contribution is -0.376. The van der Waals surface area contributed by atoms with Gasteiger partial charge in [-0.2, -0.15) is 0 Å². The minimum Gasteiger partial charge on any atom is -0.394 e. The highest BCUT2D eigenvalue weighted by atomic mass is 16.8. The van der Waals surface area contributed by atoms with Crippen molar-refractivity contribution in [2.45, 2.75) is 125 Å². The number of hydrogen-bond acceptors (Lipinski definition) is 21. The molecule has 3 fully saturated rings. The third-order valence-corrected chi connectivity index (χ3v) is 9.34. The Kier molecular flexibility index (Phi) is 23.7. The smallest absolute Gasteiger partial charge is 0.222 e. The summed E-state index contributed by atoms with van der Waals surface area (Å²) in [6.07, 6.45) is -21.9. The normalized spacial score (nSPS) is 35.5. The molecule has 15 atom stereocenters. The van der Waals surface area contributed by atoms with E-state index in [0.717, 1.165) is 6.42 Å². The van der Waals surface area contributed by atoms with E-state index in [1.807, 2.05) is 6.92 Å². The average molecular weight is 849 g/mol. The molecule has 3 rings (SSSR count). The monoisotopic (exact) mass is 848 g/mol. The van der Waals surface area contributed by atoms with Crippen LogP contribution in [-0.4, -0.2) is 236 Å². The molecular formula is C35H64N2O21. The van der Waals surface area contributed by atoms with E-state index in [-0.39, 0.29) is 32.1 Å². The van der Waals surface area contributed by atoms with E-state index in [1.54, 1.807) is 0 Å². The van der Waals surface area contributed by atoms with Gasteiger partial charge in [0, 0.05) is 26.5 Å². The van der Waals surface area contributed by atoms with Crippen molar-refractivity contribution in [3.05, 3.63) is 0 Å². The first-order valence-electron chi connectivity index (χ1n) is 19.5. The first-order chi connectivity index (χ1) is 27.9. The van der Waals surface area contributed by atoms with Gasteiger partial charge in [-0.3, -0.25) is 9.59 Å². The Balaban J connectivity index is 1.46. The molecule has 23 nitrogen and oxygen atoms in total. The molecule has 11 N–H and O–H groups in total. The molecule has 0 saturated carbocycles. The minimum atomic E-state index is -1.95. The summed E-state index contributed by atoms with van der Waals surface area (Å²) in [5, 5.41) is 99.0. The molecule has 6 unspecified atom stereocenters. The number of aliphatic hydroxyl groups excluding tert-OH is 9. The third-order valence-electron chi connectivity index (χ3n) is 9.34. The molecule has 0 radical (unpaired) electrons. The van der Waals surface area contributed by atoms with Gasteiger partial charge >= 0.3 is 0 Å². The summed E-state index contributed by atoms with van der Waals surface area (Å²) in [6, 6.07) is -1.29. The van der Waals surface area contributed by atoms with E-state index < -0.39 is 118 Å². The van der Waals surface area contributed by atoms with Crippen molar-refractivity contribution >= 4 is 11.8 Å². The van der Waals surface area contributed by atoms with Crippen molar-refractivity contribution in [2.24, 2.45) is 0 Å². The average Bonchev–Trinajstić information content (AvgIpc) is 3.20. The van der Waals surface area contributed by atoms with Crippen LogP contribution in [0.1, 0.15) is 33.1 Å². The Morgan fingerprint density at radius 3 is 1.66 bits per heavy atom. The van der Waals surface area contributed by atoms with E-state index >= 15 is 0 Å². The van der Waals surface area contributed by atoms with Crippen LogP contribution < -0.4 is 10.6 Å². The van der Waals surface area contributed by atoms with Gasteiger partial charge < -0.3 is 104 Å². The number of aliphatic hydroxyl groups is 9. The number of ether oxygens (including phenoxy) is 10. The van der Waals surface area contributed by atoms with Crippen molar-refractivity contribution in [3.8, 4) is 0 Å². The minimum absolute atomic E-state index is 0.0156. The van der Waals surface area contributed by atoms with Crippen LogP contribution in [0.3, 0.4) is 0 Å². The lowest BCUT2D eigenvalue weighted by Crippen LogP contribution is -2.68. The highest BCUT2D eigenvalue weighted by Crippen LogP contribution is 2.33. The van der Waals surface area contributed by atoms with Crippen LogP contribution in [0.4, 0.5) is 0 Å². The van der Waals surface area contributed by atoms with Crippen LogP contribution in [-0.2, 0) is 57.0 Å². The molecule has 0 aromatic rings. The fourth-order valence-electron chi connectivity index (χ4n) is 6.24. The van der Waals surface area contributed by atoms with Crippen molar-refractivity contribution in [2.75, 3.05) is 85.8 Å². The summed E-state index contributed by atoms with van der Waals surface area (Å²) in [4.78, 5) is 24.4. The molecule has 0 aromatic carbocycles. The van der Waals surface area contributed by atoms with E-state index in [9.17, 15) is 55.5 Å². The maximum Gasteiger partial charge on any atom is 0.222 e. The van der Waals surface area contributed by atoms with Gasteiger partial charge in [-0.25, -0.2) is 0 Å². The molecule has 3 aliphatic heterocycles. The fourth-order valence-corrected chi connectivity index (χ4v) is 6.24. The number of nitrogens with one attached hydrogen (secondary N) is 2. The van der Waals surface area contributed by atoms with E-state index in [0.29, 0.717) is 52.7 Å². The third kappa shape index (κ3) is 15.6. The van der Waals surface area contributed by atoms with Gasteiger partial charge in [0.1, 0.15) is 73.2 Å². The maximum atomic E-state index is 12.2. The van der Waals surface area contributed by atoms with Crippen molar-refractivity contribution in [3.63, 3.8) is 0 Å². The first kappa shape index (κ1) is 50.5. The van der Waals surface area contributed by atoms with Gasteiger partial charge in [0.25, 0.3) is 0 Å². The van der Waals surface area contributed by atoms with Crippen LogP contribution in [0.5, 0.6) is 0 Å². The zero-order chi connectivity index (χ0) is 42.6. The van der Waals surface area contributed by atoms with Crippen LogP contribution in [0, 0.1) is 0 Å². The Labute approximate surface area is 336 Å². The number of amides is 2. The van der Waals surface area contributed by atoms with Gasteiger partial charge in [0.15, 0.2) is 18.9 Å².